The number of benzene rings is 2. The second-order valence-corrected chi connectivity index (χ2v) is 7.37. The van der Waals surface area contributed by atoms with Gasteiger partial charge in [0.2, 0.25) is 0 Å². The number of halogens is 1. The highest BCUT2D eigenvalue weighted by Crippen LogP contribution is 2.29. The van der Waals surface area contributed by atoms with Crippen molar-refractivity contribution in [2.75, 3.05) is 26.3 Å². The molecule has 5 heteroatoms. The number of hydrogen-bond donors (Lipinski definition) is 0. The van der Waals surface area contributed by atoms with E-state index in [9.17, 15) is 4.79 Å². The van der Waals surface area contributed by atoms with Gasteiger partial charge < -0.3 is 4.74 Å². The standard InChI is InChI=1S/C18H18BrNO2S/c19-15-8-6-14(7-9-15)17(21)18(20-10-12-22-13-11-20)23-16-4-2-1-3-5-16/h1-9,18H,10-13H2. The lowest BCUT2D eigenvalue weighted by molar-refractivity contribution is 0.0318. The molecular weight excluding hydrogens is 374 g/mol. The van der Waals surface area contributed by atoms with Crippen LogP contribution in [-0.2, 0) is 4.74 Å². The van der Waals surface area contributed by atoms with E-state index in [0.29, 0.717) is 13.2 Å². The molecule has 3 nitrogen and oxygen atoms in total. The van der Waals surface area contributed by atoms with Gasteiger partial charge in [-0.15, -0.1) is 0 Å². The number of carbonyl (C=O) groups is 1. The number of ether oxygens (including phenoxy) is 1. The van der Waals surface area contributed by atoms with Crippen LogP contribution >= 0.6 is 27.7 Å². The minimum absolute atomic E-state index is 0.147. The van der Waals surface area contributed by atoms with Gasteiger partial charge in [-0.05, 0) is 24.3 Å². The van der Waals surface area contributed by atoms with Gasteiger partial charge in [0.1, 0.15) is 5.37 Å². The van der Waals surface area contributed by atoms with Crippen molar-refractivity contribution in [2.24, 2.45) is 0 Å². The molecule has 2 aromatic carbocycles. The molecule has 0 saturated carbocycles. The molecule has 1 atom stereocenters. The maximum absolute atomic E-state index is 13.0. The van der Waals surface area contributed by atoms with Crippen LogP contribution in [0.1, 0.15) is 10.4 Å². The van der Waals surface area contributed by atoms with Crippen LogP contribution < -0.4 is 0 Å². The Morgan fingerprint density at radius 2 is 1.70 bits per heavy atom. The van der Waals surface area contributed by atoms with E-state index in [1.54, 1.807) is 11.8 Å². The molecule has 1 aliphatic heterocycles. The SMILES string of the molecule is O=C(c1ccc(Br)cc1)C(Sc1ccccc1)N1CCOCC1. The molecule has 0 aromatic heterocycles. The summed E-state index contributed by atoms with van der Waals surface area (Å²) in [5.74, 6) is 0.147. The molecule has 1 saturated heterocycles. The zero-order valence-corrected chi connectivity index (χ0v) is 15.1. The van der Waals surface area contributed by atoms with E-state index in [4.69, 9.17) is 4.74 Å². The van der Waals surface area contributed by atoms with Gasteiger partial charge in [0, 0.05) is 28.0 Å². The fourth-order valence-electron chi connectivity index (χ4n) is 2.49. The number of ketones is 1. The summed E-state index contributed by atoms with van der Waals surface area (Å²) in [6, 6.07) is 17.7. The van der Waals surface area contributed by atoms with Crippen molar-refractivity contribution in [3.8, 4) is 0 Å². The molecule has 120 valence electrons. The summed E-state index contributed by atoms with van der Waals surface area (Å²) in [7, 11) is 0. The molecule has 1 heterocycles. The van der Waals surface area contributed by atoms with Gasteiger partial charge in [0.25, 0.3) is 0 Å². The van der Waals surface area contributed by atoms with E-state index >= 15 is 0 Å². The highest BCUT2D eigenvalue weighted by atomic mass is 79.9. The van der Waals surface area contributed by atoms with Crippen molar-refractivity contribution >= 4 is 33.5 Å². The average Bonchev–Trinajstić information content (AvgIpc) is 2.61. The summed E-state index contributed by atoms with van der Waals surface area (Å²) in [4.78, 5) is 16.4. The molecule has 23 heavy (non-hydrogen) atoms. The molecule has 0 bridgehead atoms. The molecule has 1 aliphatic rings. The number of Topliss-reactive ketones (excluding diaryl/α,β-unsaturated/α-hetero) is 1. The first-order valence-corrected chi connectivity index (χ1v) is 9.24. The van der Waals surface area contributed by atoms with Crippen LogP contribution in [-0.4, -0.2) is 42.4 Å². The number of rotatable bonds is 5. The van der Waals surface area contributed by atoms with Crippen LogP contribution in [0.2, 0.25) is 0 Å². The fourth-order valence-corrected chi connectivity index (χ4v) is 3.93. The Hall–Kier alpha value is -1.14. The lowest BCUT2D eigenvalue weighted by Gasteiger charge is -2.33. The van der Waals surface area contributed by atoms with Crippen molar-refractivity contribution in [1.29, 1.82) is 0 Å². The van der Waals surface area contributed by atoms with Crippen molar-refractivity contribution in [1.82, 2.24) is 4.90 Å². The number of hydrogen-bond acceptors (Lipinski definition) is 4. The normalized spacial score (nSPS) is 16.9. The summed E-state index contributed by atoms with van der Waals surface area (Å²) in [6.07, 6.45) is 0. The zero-order chi connectivity index (χ0) is 16.1. The minimum Gasteiger partial charge on any atom is -0.379 e. The quantitative estimate of drug-likeness (QED) is 0.567. The second kappa shape index (κ2) is 8.11. The molecule has 0 spiro atoms. The Labute approximate surface area is 149 Å². The van der Waals surface area contributed by atoms with Crippen LogP contribution in [0.4, 0.5) is 0 Å². The van der Waals surface area contributed by atoms with Crippen LogP contribution in [0.15, 0.2) is 64.0 Å². The van der Waals surface area contributed by atoms with Gasteiger partial charge in [0.05, 0.1) is 13.2 Å². The van der Waals surface area contributed by atoms with Crippen LogP contribution in [0.25, 0.3) is 0 Å². The van der Waals surface area contributed by atoms with Crippen LogP contribution in [0, 0.1) is 0 Å². The van der Waals surface area contributed by atoms with Crippen molar-refractivity contribution in [3.63, 3.8) is 0 Å². The number of morpholine rings is 1. The zero-order valence-electron chi connectivity index (χ0n) is 12.7. The predicted octanol–water partition coefficient (Wildman–Crippen LogP) is 4.08. The van der Waals surface area contributed by atoms with E-state index in [1.165, 1.54) is 0 Å². The first-order chi connectivity index (χ1) is 11.2. The Morgan fingerprint density at radius 3 is 2.35 bits per heavy atom. The number of nitrogens with zero attached hydrogens (tertiary/aromatic N) is 1. The first-order valence-electron chi connectivity index (χ1n) is 7.57. The van der Waals surface area contributed by atoms with Crippen LogP contribution in [0.3, 0.4) is 0 Å². The minimum atomic E-state index is -0.220. The van der Waals surface area contributed by atoms with Crippen molar-refractivity contribution in [3.05, 3.63) is 64.6 Å². The monoisotopic (exact) mass is 391 g/mol. The summed E-state index contributed by atoms with van der Waals surface area (Å²) in [6.45, 7) is 2.93. The molecule has 1 unspecified atom stereocenters. The van der Waals surface area contributed by atoms with Gasteiger partial charge >= 0.3 is 0 Å². The van der Waals surface area contributed by atoms with Gasteiger partial charge in [-0.2, -0.15) is 0 Å². The second-order valence-electron chi connectivity index (χ2n) is 5.30. The molecule has 3 rings (SSSR count). The molecule has 0 N–H and O–H groups in total. The van der Waals surface area contributed by atoms with E-state index < -0.39 is 0 Å². The van der Waals surface area contributed by atoms with Crippen LogP contribution in [0.5, 0.6) is 0 Å². The maximum atomic E-state index is 13.0. The molecule has 0 aliphatic carbocycles. The Kier molecular flexibility index (Phi) is 5.89. The Bertz CT molecular complexity index is 642. The highest BCUT2D eigenvalue weighted by molar-refractivity contribution is 9.10. The van der Waals surface area contributed by atoms with E-state index in [1.807, 2.05) is 54.6 Å². The van der Waals surface area contributed by atoms with Crippen molar-refractivity contribution < 1.29 is 9.53 Å². The molecule has 2 aromatic rings. The molecule has 0 amide bonds. The maximum Gasteiger partial charge on any atom is 0.190 e. The van der Waals surface area contributed by atoms with E-state index in [0.717, 1.165) is 28.0 Å². The molecule has 1 fully saturated rings. The average molecular weight is 392 g/mol. The van der Waals surface area contributed by atoms with Gasteiger partial charge in [-0.1, -0.05) is 58.0 Å². The predicted molar refractivity (Wildman–Crippen MR) is 97.0 cm³/mol. The highest BCUT2D eigenvalue weighted by Gasteiger charge is 2.29. The molecular formula is C18H18BrNO2S. The fraction of sp³-hybridized carbons (Fsp3) is 0.278. The first kappa shape index (κ1) is 16.7. The summed E-state index contributed by atoms with van der Waals surface area (Å²) in [5.41, 5.74) is 0.744. The molecule has 0 radical (unpaired) electrons. The van der Waals surface area contributed by atoms with Gasteiger partial charge in [-0.25, -0.2) is 0 Å². The number of carbonyl (C=O) groups excluding carboxylic acids is 1. The van der Waals surface area contributed by atoms with E-state index in [-0.39, 0.29) is 11.2 Å². The Balaban J connectivity index is 1.84. The summed E-state index contributed by atoms with van der Waals surface area (Å²) in [5, 5.41) is -0.220. The largest absolute Gasteiger partial charge is 0.379 e. The topological polar surface area (TPSA) is 29.5 Å². The third-order valence-electron chi connectivity index (χ3n) is 3.72. The lowest BCUT2D eigenvalue weighted by atomic mass is 10.1. The van der Waals surface area contributed by atoms with Crippen molar-refractivity contribution in [2.45, 2.75) is 10.3 Å². The third-order valence-corrected chi connectivity index (χ3v) is 5.53. The lowest BCUT2D eigenvalue weighted by Crippen LogP contribution is -2.45. The van der Waals surface area contributed by atoms with Gasteiger partial charge in [0.15, 0.2) is 5.78 Å². The number of thioether (sulfide) groups is 1. The van der Waals surface area contributed by atoms with E-state index in [2.05, 4.69) is 20.8 Å². The summed E-state index contributed by atoms with van der Waals surface area (Å²) < 4.78 is 6.41. The smallest absolute Gasteiger partial charge is 0.190 e. The third kappa shape index (κ3) is 4.44. The summed E-state index contributed by atoms with van der Waals surface area (Å²) >= 11 is 5.03. The Morgan fingerprint density at radius 1 is 1.04 bits per heavy atom. The van der Waals surface area contributed by atoms with Gasteiger partial charge in [-0.3, -0.25) is 9.69 Å².